The quantitative estimate of drug-likeness (QED) is 0.737. The standard InChI is InChI=1S/C9H14F3NO2/c1-6-3-7(6)4-13(2)8(14)15-5-9(10,11)12/h6-7H,3-5H2,1-2H3. The zero-order valence-corrected chi connectivity index (χ0v) is 8.67. The van der Waals surface area contributed by atoms with Gasteiger partial charge in [-0.05, 0) is 18.3 Å². The maximum Gasteiger partial charge on any atom is 0.422 e. The molecule has 1 fully saturated rings. The number of hydrogen-bond acceptors (Lipinski definition) is 2. The summed E-state index contributed by atoms with van der Waals surface area (Å²) in [6, 6.07) is 0. The minimum atomic E-state index is -4.45. The first kappa shape index (κ1) is 12.1. The Labute approximate surface area is 86.2 Å². The summed E-state index contributed by atoms with van der Waals surface area (Å²) in [6.07, 6.45) is -4.34. The van der Waals surface area contributed by atoms with Crippen molar-refractivity contribution in [2.24, 2.45) is 11.8 Å². The van der Waals surface area contributed by atoms with E-state index < -0.39 is 18.9 Å². The summed E-state index contributed by atoms with van der Waals surface area (Å²) in [5, 5.41) is 0. The molecule has 1 saturated carbocycles. The van der Waals surface area contributed by atoms with Gasteiger partial charge in [-0.15, -0.1) is 0 Å². The van der Waals surface area contributed by atoms with Crippen LogP contribution in [0.25, 0.3) is 0 Å². The number of carbonyl (C=O) groups is 1. The van der Waals surface area contributed by atoms with Crippen molar-refractivity contribution < 1.29 is 22.7 Å². The first-order valence-corrected chi connectivity index (χ1v) is 4.74. The Morgan fingerprint density at radius 1 is 1.53 bits per heavy atom. The van der Waals surface area contributed by atoms with Gasteiger partial charge in [-0.2, -0.15) is 13.2 Å². The topological polar surface area (TPSA) is 29.5 Å². The lowest BCUT2D eigenvalue weighted by molar-refractivity contribution is -0.162. The molecule has 1 amide bonds. The molecule has 0 bridgehead atoms. The number of nitrogens with zero attached hydrogens (tertiary/aromatic N) is 1. The number of amides is 1. The van der Waals surface area contributed by atoms with Gasteiger partial charge in [-0.25, -0.2) is 4.79 Å². The highest BCUT2D eigenvalue weighted by molar-refractivity contribution is 5.67. The Kier molecular flexibility index (Phi) is 3.46. The zero-order chi connectivity index (χ0) is 11.6. The minimum Gasteiger partial charge on any atom is -0.440 e. The van der Waals surface area contributed by atoms with Gasteiger partial charge in [0.2, 0.25) is 0 Å². The molecule has 0 aromatic rings. The van der Waals surface area contributed by atoms with Crippen molar-refractivity contribution >= 4 is 6.09 Å². The summed E-state index contributed by atoms with van der Waals surface area (Å²) < 4.78 is 39.3. The van der Waals surface area contributed by atoms with Gasteiger partial charge >= 0.3 is 12.3 Å². The predicted molar refractivity (Wildman–Crippen MR) is 47.3 cm³/mol. The molecule has 0 aliphatic heterocycles. The second kappa shape index (κ2) is 4.28. The fourth-order valence-corrected chi connectivity index (χ4v) is 1.33. The van der Waals surface area contributed by atoms with Gasteiger partial charge in [0.05, 0.1) is 0 Å². The van der Waals surface area contributed by atoms with Gasteiger partial charge in [0.1, 0.15) is 0 Å². The largest absolute Gasteiger partial charge is 0.440 e. The molecule has 0 spiro atoms. The average molecular weight is 225 g/mol. The highest BCUT2D eigenvalue weighted by atomic mass is 19.4. The van der Waals surface area contributed by atoms with Crippen molar-refractivity contribution in [1.29, 1.82) is 0 Å². The lowest BCUT2D eigenvalue weighted by atomic mass is 10.3. The van der Waals surface area contributed by atoms with E-state index in [1.807, 2.05) is 6.92 Å². The molecule has 0 saturated heterocycles. The van der Waals surface area contributed by atoms with Crippen LogP contribution in [0.1, 0.15) is 13.3 Å². The molecule has 3 nitrogen and oxygen atoms in total. The summed E-state index contributed by atoms with van der Waals surface area (Å²) in [6.45, 7) is 0.994. The third-order valence-electron chi connectivity index (χ3n) is 2.46. The molecule has 15 heavy (non-hydrogen) atoms. The van der Waals surface area contributed by atoms with E-state index >= 15 is 0 Å². The molecule has 2 unspecified atom stereocenters. The molecule has 1 aliphatic carbocycles. The van der Waals surface area contributed by atoms with E-state index in [-0.39, 0.29) is 0 Å². The normalized spacial score (nSPS) is 24.9. The van der Waals surface area contributed by atoms with E-state index in [2.05, 4.69) is 4.74 Å². The van der Waals surface area contributed by atoms with Crippen LogP contribution in [0.15, 0.2) is 0 Å². The van der Waals surface area contributed by atoms with Crippen LogP contribution in [-0.2, 0) is 4.74 Å². The molecule has 0 N–H and O–H groups in total. The third kappa shape index (κ3) is 4.40. The van der Waals surface area contributed by atoms with E-state index in [0.717, 1.165) is 6.42 Å². The maximum absolute atomic E-state index is 11.7. The highest BCUT2D eigenvalue weighted by Gasteiger charge is 2.35. The van der Waals surface area contributed by atoms with Gasteiger partial charge in [0.25, 0.3) is 0 Å². The minimum absolute atomic E-state index is 0.411. The van der Waals surface area contributed by atoms with Gasteiger partial charge < -0.3 is 9.64 Å². The zero-order valence-electron chi connectivity index (χ0n) is 8.67. The SMILES string of the molecule is CC1CC1CN(C)C(=O)OCC(F)(F)F. The summed E-state index contributed by atoms with van der Waals surface area (Å²) >= 11 is 0. The summed E-state index contributed by atoms with van der Waals surface area (Å²) in [4.78, 5) is 12.3. The van der Waals surface area contributed by atoms with Crippen molar-refractivity contribution in [3.63, 3.8) is 0 Å². The first-order chi connectivity index (χ1) is 6.79. The van der Waals surface area contributed by atoms with Gasteiger partial charge in [-0.3, -0.25) is 0 Å². The van der Waals surface area contributed by atoms with Crippen LogP contribution < -0.4 is 0 Å². The number of hydrogen-bond donors (Lipinski definition) is 0. The Bertz CT molecular complexity index is 242. The van der Waals surface area contributed by atoms with Crippen LogP contribution in [0.3, 0.4) is 0 Å². The molecule has 0 radical (unpaired) electrons. The molecule has 0 heterocycles. The number of halogens is 3. The van der Waals surface area contributed by atoms with E-state index in [1.165, 1.54) is 11.9 Å². The number of alkyl halides is 3. The van der Waals surface area contributed by atoms with Crippen LogP contribution >= 0.6 is 0 Å². The Morgan fingerprint density at radius 3 is 2.47 bits per heavy atom. The lowest BCUT2D eigenvalue weighted by Crippen LogP contribution is -2.32. The maximum atomic E-state index is 11.7. The molecular formula is C9H14F3NO2. The Morgan fingerprint density at radius 2 is 2.07 bits per heavy atom. The predicted octanol–water partition coefficient (Wildman–Crippen LogP) is 2.27. The van der Waals surface area contributed by atoms with Crippen molar-refractivity contribution in [2.75, 3.05) is 20.2 Å². The molecule has 1 rings (SSSR count). The summed E-state index contributed by atoms with van der Waals surface area (Å²) in [5.74, 6) is 0.969. The Balaban J connectivity index is 2.21. The number of carbonyl (C=O) groups excluding carboxylic acids is 1. The van der Waals surface area contributed by atoms with E-state index in [1.54, 1.807) is 0 Å². The molecular weight excluding hydrogens is 211 g/mol. The number of rotatable bonds is 3. The second-order valence-corrected chi connectivity index (χ2v) is 4.02. The molecule has 1 aliphatic rings. The monoisotopic (exact) mass is 225 g/mol. The first-order valence-electron chi connectivity index (χ1n) is 4.74. The fraction of sp³-hybridized carbons (Fsp3) is 0.889. The second-order valence-electron chi connectivity index (χ2n) is 4.02. The van der Waals surface area contributed by atoms with Gasteiger partial charge in [0.15, 0.2) is 6.61 Å². The Hall–Kier alpha value is -0.940. The average Bonchev–Trinajstić information content (AvgIpc) is 2.76. The third-order valence-corrected chi connectivity index (χ3v) is 2.46. The van der Waals surface area contributed by atoms with E-state index in [9.17, 15) is 18.0 Å². The molecule has 0 aromatic heterocycles. The molecule has 2 atom stereocenters. The van der Waals surface area contributed by atoms with Crippen LogP contribution in [-0.4, -0.2) is 37.4 Å². The van der Waals surface area contributed by atoms with Crippen molar-refractivity contribution in [3.8, 4) is 0 Å². The van der Waals surface area contributed by atoms with Gasteiger partial charge in [0, 0.05) is 13.6 Å². The summed E-state index contributed by atoms with van der Waals surface area (Å²) in [5.41, 5.74) is 0. The van der Waals surface area contributed by atoms with E-state index in [4.69, 9.17) is 0 Å². The van der Waals surface area contributed by atoms with Crippen LogP contribution in [0.4, 0.5) is 18.0 Å². The van der Waals surface area contributed by atoms with Crippen LogP contribution in [0.5, 0.6) is 0 Å². The van der Waals surface area contributed by atoms with Crippen molar-refractivity contribution in [2.45, 2.75) is 19.5 Å². The summed E-state index contributed by atoms with van der Waals surface area (Å²) in [7, 11) is 1.45. The lowest BCUT2D eigenvalue weighted by Gasteiger charge is -2.17. The van der Waals surface area contributed by atoms with Gasteiger partial charge in [-0.1, -0.05) is 6.92 Å². The van der Waals surface area contributed by atoms with E-state index in [0.29, 0.717) is 18.4 Å². The molecule has 6 heteroatoms. The number of ether oxygens (including phenoxy) is 1. The fourth-order valence-electron chi connectivity index (χ4n) is 1.33. The van der Waals surface area contributed by atoms with Crippen LogP contribution in [0, 0.1) is 11.8 Å². The molecule has 0 aromatic carbocycles. The molecule has 88 valence electrons. The van der Waals surface area contributed by atoms with Crippen LogP contribution in [0.2, 0.25) is 0 Å². The van der Waals surface area contributed by atoms with Crippen molar-refractivity contribution in [3.05, 3.63) is 0 Å². The smallest absolute Gasteiger partial charge is 0.422 e. The highest BCUT2D eigenvalue weighted by Crippen LogP contribution is 2.38. The van der Waals surface area contributed by atoms with Crippen molar-refractivity contribution in [1.82, 2.24) is 4.90 Å².